The molecule has 0 saturated heterocycles. The number of nitrogens with zero attached hydrogens (tertiary/aromatic N) is 3. The number of nitrogens with two attached hydrogens (primary N) is 1. The first kappa shape index (κ1) is 11.9. The maximum atomic E-state index is 5.45. The van der Waals surface area contributed by atoms with Crippen molar-refractivity contribution in [3.05, 3.63) is 18.5 Å². The first-order valence-corrected chi connectivity index (χ1v) is 5.99. The minimum absolute atomic E-state index is 0.330. The molecule has 0 unspecified atom stereocenters. The molecule has 0 aliphatic rings. The molecule has 2 rings (SSSR count). The number of nitrogens with one attached hydrogen (secondary N) is 1. The van der Waals surface area contributed by atoms with Crippen LogP contribution in [0.1, 0.15) is 26.3 Å². The number of hydrogen-bond acceptors (Lipinski definition) is 4. The van der Waals surface area contributed by atoms with Crippen molar-refractivity contribution in [2.45, 2.75) is 26.3 Å². The first-order valence-electron chi connectivity index (χ1n) is 5.99. The van der Waals surface area contributed by atoms with Gasteiger partial charge in [0.05, 0.1) is 18.1 Å². The van der Waals surface area contributed by atoms with Crippen LogP contribution < -0.4 is 11.1 Å². The van der Waals surface area contributed by atoms with Crippen LogP contribution in [0.2, 0.25) is 0 Å². The van der Waals surface area contributed by atoms with Crippen molar-refractivity contribution in [3.63, 3.8) is 0 Å². The Hall–Kier alpha value is -1.62. The molecule has 5 heteroatoms. The monoisotopic (exact) mass is 233 g/mol. The highest BCUT2D eigenvalue weighted by molar-refractivity contribution is 5.78. The van der Waals surface area contributed by atoms with E-state index in [-0.39, 0.29) is 0 Å². The predicted molar refractivity (Wildman–Crippen MR) is 70.1 cm³/mol. The van der Waals surface area contributed by atoms with E-state index in [1.165, 1.54) is 0 Å². The number of pyridine rings is 1. The van der Waals surface area contributed by atoms with Gasteiger partial charge in [-0.2, -0.15) is 5.10 Å². The largest absolute Gasteiger partial charge is 0.384 e. The van der Waals surface area contributed by atoms with Crippen LogP contribution >= 0.6 is 0 Å². The molecule has 2 heterocycles. The first-order chi connectivity index (χ1) is 8.22. The normalized spacial score (nSPS) is 11.3. The van der Waals surface area contributed by atoms with Gasteiger partial charge in [-0.25, -0.2) is 9.67 Å². The lowest BCUT2D eigenvalue weighted by Gasteiger charge is -2.07. The molecule has 0 radical (unpaired) electrons. The highest BCUT2D eigenvalue weighted by Gasteiger charge is 2.07. The standard InChI is InChI=1S/C12H19N5/c1-9(2)17-12-10(7-16-17)6-11(8-15-12)14-5-3-4-13/h6-9,14H,3-5,13H2,1-2H3. The lowest BCUT2D eigenvalue weighted by Crippen LogP contribution is -2.08. The van der Waals surface area contributed by atoms with Crippen LogP contribution in [-0.2, 0) is 0 Å². The molecule has 5 nitrogen and oxygen atoms in total. The van der Waals surface area contributed by atoms with Crippen LogP contribution in [0.4, 0.5) is 5.69 Å². The Morgan fingerprint density at radius 3 is 2.94 bits per heavy atom. The quantitative estimate of drug-likeness (QED) is 0.772. The van der Waals surface area contributed by atoms with Gasteiger partial charge in [0.15, 0.2) is 5.65 Å². The Kier molecular flexibility index (Phi) is 3.58. The molecule has 0 bridgehead atoms. The molecule has 0 aliphatic carbocycles. The summed E-state index contributed by atoms with van der Waals surface area (Å²) < 4.78 is 1.93. The van der Waals surface area contributed by atoms with Gasteiger partial charge < -0.3 is 11.1 Å². The van der Waals surface area contributed by atoms with E-state index in [0.717, 1.165) is 29.7 Å². The zero-order valence-corrected chi connectivity index (χ0v) is 10.3. The Morgan fingerprint density at radius 1 is 1.41 bits per heavy atom. The molecular weight excluding hydrogens is 214 g/mol. The second-order valence-electron chi connectivity index (χ2n) is 4.39. The number of hydrogen-bond donors (Lipinski definition) is 2. The summed E-state index contributed by atoms with van der Waals surface area (Å²) in [5.41, 5.74) is 7.41. The molecule has 0 atom stereocenters. The van der Waals surface area contributed by atoms with Crippen LogP contribution in [0.15, 0.2) is 18.5 Å². The summed E-state index contributed by atoms with van der Waals surface area (Å²) in [6, 6.07) is 2.40. The van der Waals surface area contributed by atoms with Crippen molar-refractivity contribution < 1.29 is 0 Å². The molecule has 3 N–H and O–H groups in total. The summed E-state index contributed by atoms with van der Waals surface area (Å²) in [4.78, 5) is 4.45. The molecular formula is C12H19N5. The number of fused-ring (bicyclic) bond motifs is 1. The van der Waals surface area contributed by atoms with Crippen LogP contribution in [0.25, 0.3) is 11.0 Å². The van der Waals surface area contributed by atoms with Crippen LogP contribution in [0, 0.1) is 0 Å². The molecule has 0 aromatic carbocycles. The fourth-order valence-corrected chi connectivity index (χ4v) is 1.75. The molecule has 0 spiro atoms. The van der Waals surface area contributed by atoms with E-state index in [2.05, 4.69) is 35.3 Å². The minimum atomic E-state index is 0.330. The molecule has 92 valence electrons. The number of anilines is 1. The maximum Gasteiger partial charge on any atom is 0.158 e. The maximum absolute atomic E-state index is 5.45. The molecule has 17 heavy (non-hydrogen) atoms. The summed E-state index contributed by atoms with van der Waals surface area (Å²) in [5, 5.41) is 8.70. The van der Waals surface area contributed by atoms with Gasteiger partial charge in [0, 0.05) is 18.0 Å². The van der Waals surface area contributed by atoms with E-state index < -0.39 is 0 Å². The summed E-state index contributed by atoms with van der Waals surface area (Å²) in [6.45, 7) is 5.78. The Morgan fingerprint density at radius 2 is 2.24 bits per heavy atom. The van der Waals surface area contributed by atoms with Gasteiger partial charge in [0.25, 0.3) is 0 Å². The molecule has 0 fully saturated rings. The van der Waals surface area contributed by atoms with Crippen molar-refractivity contribution >= 4 is 16.7 Å². The number of aromatic nitrogens is 3. The molecule has 0 saturated carbocycles. The highest BCUT2D eigenvalue weighted by atomic mass is 15.3. The average Bonchev–Trinajstić information content (AvgIpc) is 2.72. The third kappa shape index (κ3) is 2.55. The summed E-state index contributed by atoms with van der Waals surface area (Å²) in [5.74, 6) is 0. The van der Waals surface area contributed by atoms with Crippen molar-refractivity contribution in [2.24, 2.45) is 5.73 Å². The topological polar surface area (TPSA) is 68.8 Å². The van der Waals surface area contributed by atoms with Gasteiger partial charge in [-0.05, 0) is 32.9 Å². The second-order valence-corrected chi connectivity index (χ2v) is 4.39. The second kappa shape index (κ2) is 5.14. The van der Waals surface area contributed by atoms with E-state index >= 15 is 0 Å². The Labute approximate surface area is 101 Å². The summed E-state index contributed by atoms with van der Waals surface area (Å²) in [6.07, 6.45) is 4.67. The Bertz CT molecular complexity index is 489. The van der Waals surface area contributed by atoms with Gasteiger partial charge in [0.1, 0.15) is 0 Å². The van der Waals surface area contributed by atoms with Crippen molar-refractivity contribution in [1.82, 2.24) is 14.8 Å². The van der Waals surface area contributed by atoms with E-state index in [9.17, 15) is 0 Å². The smallest absolute Gasteiger partial charge is 0.158 e. The van der Waals surface area contributed by atoms with Gasteiger partial charge in [-0.3, -0.25) is 0 Å². The molecule has 0 amide bonds. The Balaban J connectivity index is 2.20. The summed E-state index contributed by atoms with van der Waals surface area (Å²) in [7, 11) is 0. The summed E-state index contributed by atoms with van der Waals surface area (Å²) >= 11 is 0. The van der Waals surface area contributed by atoms with Crippen LogP contribution in [0.5, 0.6) is 0 Å². The molecule has 2 aromatic heterocycles. The fourth-order valence-electron chi connectivity index (χ4n) is 1.75. The van der Waals surface area contributed by atoms with Crippen molar-refractivity contribution in [3.8, 4) is 0 Å². The highest BCUT2D eigenvalue weighted by Crippen LogP contribution is 2.18. The number of rotatable bonds is 5. The molecule has 0 aliphatic heterocycles. The van der Waals surface area contributed by atoms with Gasteiger partial charge in [-0.15, -0.1) is 0 Å². The zero-order valence-electron chi connectivity index (χ0n) is 10.3. The molecule has 2 aromatic rings. The predicted octanol–water partition coefficient (Wildman–Crippen LogP) is 1.77. The van der Waals surface area contributed by atoms with Crippen molar-refractivity contribution in [2.75, 3.05) is 18.4 Å². The minimum Gasteiger partial charge on any atom is -0.384 e. The van der Waals surface area contributed by atoms with E-state index in [4.69, 9.17) is 5.73 Å². The SMILES string of the molecule is CC(C)n1ncc2cc(NCCCN)cnc21. The van der Waals surface area contributed by atoms with Gasteiger partial charge in [0.2, 0.25) is 0 Å². The van der Waals surface area contributed by atoms with Crippen LogP contribution in [0.3, 0.4) is 0 Å². The third-order valence-electron chi connectivity index (χ3n) is 2.63. The van der Waals surface area contributed by atoms with E-state index in [1.807, 2.05) is 17.1 Å². The van der Waals surface area contributed by atoms with Gasteiger partial charge in [-0.1, -0.05) is 0 Å². The van der Waals surface area contributed by atoms with Gasteiger partial charge >= 0.3 is 0 Å². The lowest BCUT2D eigenvalue weighted by atomic mass is 10.3. The van der Waals surface area contributed by atoms with Crippen molar-refractivity contribution in [1.29, 1.82) is 0 Å². The van der Waals surface area contributed by atoms with E-state index in [0.29, 0.717) is 12.6 Å². The average molecular weight is 233 g/mol. The van der Waals surface area contributed by atoms with Crippen LogP contribution in [-0.4, -0.2) is 27.9 Å². The lowest BCUT2D eigenvalue weighted by molar-refractivity contribution is 0.546. The van der Waals surface area contributed by atoms with E-state index in [1.54, 1.807) is 0 Å². The zero-order chi connectivity index (χ0) is 12.3. The third-order valence-corrected chi connectivity index (χ3v) is 2.63. The fraction of sp³-hybridized carbons (Fsp3) is 0.500.